The molecule has 0 saturated carbocycles. The highest BCUT2D eigenvalue weighted by Crippen LogP contribution is 2.19. The van der Waals surface area contributed by atoms with Crippen molar-refractivity contribution in [1.29, 1.82) is 0 Å². The van der Waals surface area contributed by atoms with E-state index in [1.807, 2.05) is 12.1 Å². The summed E-state index contributed by atoms with van der Waals surface area (Å²) in [6.07, 6.45) is 0. The molecule has 1 amide bonds. The molecular formula is C15H11IN2O5. The fourth-order valence-electron chi connectivity index (χ4n) is 1.76. The van der Waals surface area contributed by atoms with Gasteiger partial charge in [-0.25, -0.2) is 4.79 Å². The molecule has 2 aromatic carbocycles. The Bertz CT molecular complexity index is 763. The SMILES string of the molecule is O=C(COC(=O)c1ccccc1[N+](=O)[O-])Nc1ccccc1I. The summed E-state index contributed by atoms with van der Waals surface area (Å²) in [5.41, 5.74) is 0.0370. The van der Waals surface area contributed by atoms with Crippen molar-refractivity contribution in [3.63, 3.8) is 0 Å². The Labute approximate surface area is 144 Å². The number of amides is 1. The minimum absolute atomic E-state index is 0.195. The van der Waals surface area contributed by atoms with Gasteiger partial charge >= 0.3 is 5.97 Å². The monoisotopic (exact) mass is 426 g/mol. The number of esters is 1. The quantitative estimate of drug-likeness (QED) is 0.343. The van der Waals surface area contributed by atoms with Crippen molar-refractivity contribution in [2.45, 2.75) is 0 Å². The number of hydrogen-bond donors (Lipinski definition) is 1. The number of para-hydroxylation sites is 2. The number of nitro benzene ring substituents is 1. The summed E-state index contributed by atoms with van der Waals surface area (Å²) >= 11 is 2.06. The lowest BCUT2D eigenvalue weighted by Crippen LogP contribution is -2.21. The molecule has 0 aliphatic heterocycles. The molecule has 0 aliphatic rings. The third kappa shape index (κ3) is 4.49. The van der Waals surface area contributed by atoms with E-state index in [2.05, 4.69) is 27.9 Å². The van der Waals surface area contributed by atoms with E-state index in [0.29, 0.717) is 5.69 Å². The molecule has 0 aliphatic carbocycles. The highest BCUT2D eigenvalue weighted by atomic mass is 127. The van der Waals surface area contributed by atoms with Crippen LogP contribution in [0.5, 0.6) is 0 Å². The first-order valence-corrected chi connectivity index (χ1v) is 7.52. The Morgan fingerprint density at radius 2 is 1.78 bits per heavy atom. The fraction of sp³-hybridized carbons (Fsp3) is 0.0667. The predicted molar refractivity (Wildman–Crippen MR) is 91.2 cm³/mol. The molecular weight excluding hydrogens is 415 g/mol. The number of nitrogens with one attached hydrogen (secondary N) is 1. The van der Waals surface area contributed by atoms with Gasteiger partial charge in [0.15, 0.2) is 6.61 Å². The molecule has 0 saturated heterocycles. The first-order valence-electron chi connectivity index (χ1n) is 6.44. The van der Waals surface area contributed by atoms with Crippen LogP contribution in [0, 0.1) is 13.7 Å². The van der Waals surface area contributed by atoms with E-state index in [-0.39, 0.29) is 11.3 Å². The van der Waals surface area contributed by atoms with E-state index < -0.39 is 23.4 Å². The average Bonchev–Trinajstić information content (AvgIpc) is 2.54. The van der Waals surface area contributed by atoms with Crippen molar-refractivity contribution in [2.24, 2.45) is 0 Å². The molecule has 0 bridgehead atoms. The summed E-state index contributed by atoms with van der Waals surface area (Å²) in [4.78, 5) is 33.9. The molecule has 0 fully saturated rings. The Kier molecular flexibility index (Phi) is 5.63. The number of carbonyl (C=O) groups is 2. The van der Waals surface area contributed by atoms with Gasteiger partial charge in [0.1, 0.15) is 5.56 Å². The third-order valence-corrected chi connectivity index (χ3v) is 3.74. The van der Waals surface area contributed by atoms with Crippen LogP contribution in [-0.2, 0) is 9.53 Å². The van der Waals surface area contributed by atoms with Gasteiger partial charge in [0, 0.05) is 9.64 Å². The zero-order valence-electron chi connectivity index (χ0n) is 11.7. The van der Waals surface area contributed by atoms with Gasteiger partial charge in [0.2, 0.25) is 0 Å². The first-order chi connectivity index (χ1) is 11.0. The van der Waals surface area contributed by atoms with Crippen LogP contribution in [0.3, 0.4) is 0 Å². The van der Waals surface area contributed by atoms with Crippen LogP contribution in [0.25, 0.3) is 0 Å². The maximum atomic E-state index is 11.9. The number of rotatable bonds is 5. The van der Waals surface area contributed by atoms with Crippen LogP contribution in [0.1, 0.15) is 10.4 Å². The second-order valence-corrected chi connectivity index (χ2v) is 5.54. The standard InChI is InChI=1S/C15H11IN2O5/c16-11-6-2-3-7-12(11)17-14(19)9-23-15(20)10-5-1-4-8-13(10)18(21)22/h1-8H,9H2,(H,17,19). The minimum atomic E-state index is -0.921. The van der Waals surface area contributed by atoms with Crippen LogP contribution in [-0.4, -0.2) is 23.4 Å². The molecule has 0 radical (unpaired) electrons. The second-order valence-electron chi connectivity index (χ2n) is 4.38. The van der Waals surface area contributed by atoms with Gasteiger partial charge in [0.25, 0.3) is 11.6 Å². The van der Waals surface area contributed by atoms with E-state index in [4.69, 9.17) is 4.74 Å². The van der Waals surface area contributed by atoms with Gasteiger partial charge in [0.05, 0.1) is 10.6 Å². The number of nitrogens with zero attached hydrogens (tertiary/aromatic N) is 1. The van der Waals surface area contributed by atoms with Gasteiger partial charge in [-0.3, -0.25) is 14.9 Å². The molecule has 0 spiro atoms. The summed E-state index contributed by atoms with van der Waals surface area (Å²) in [5.74, 6) is -1.45. The lowest BCUT2D eigenvalue weighted by Gasteiger charge is -2.08. The molecule has 0 aromatic heterocycles. The summed E-state index contributed by atoms with van der Waals surface area (Å²) in [7, 11) is 0. The van der Waals surface area contributed by atoms with Crippen molar-refractivity contribution >= 4 is 45.8 Å². The van der Waals surface area contributed by atoms with Crippen LogP contribution in [0.4, 0.5) is 11.4 Å². The zero-order chi connectivity index (χ0) is 16.8. The summed E-state index contributed by atoms with van der Waals surface area (Å²) in [6, 6.07) is 12.5. The molecule has 2 aromatic rings. The Morgan fingerprint density at radius 3 is 2.48 bits per heavy atom. The fourth-order valence-corrected chi connectivity index (χ4v) is 2.29. The summed E-state index contributed by atoms with van der Waals surface area (Å²) < 4.78 is 5.67. The van der Waals surface area contributed by atoms with E-state index in [9.17, 15) is 19.7 Å². The van der Waals surface area contributed by atoms with Crippen molar-refractivity contribution in [2.75, 3.05) is 11.9 Å². The smallest absolute Gasteiger partial charge is 0.345 e. The predicted octanol–water partition coefficient (Wildman–Crippen LogP) is 2.99. The van der Waals surface area contributed by atoms with Crippen LogP contribution < -0.4 is 5.32 Å². The van der Waals surface area contributed by atoms with Gasteiger partial charge in [-0.1, -0.05) is 24.3 Å². The minimum Gasteiger partial charge on any atom is -0.452 e. The van der Waals surface area contributed by atoms with E-state index in [1.54, 1.807) is 12.1 Å². The summed E-state index contributed by atoms with van der Waals surface area (Å²) in [6.45, 7) is -0.532. The average molecular weight is 426 g/mol. The number of hydrogen-bond acceptors (Lipinski definition) is 5. The van der Waals surface area contributed by atoms with Gasteiger partial charge < -0.3 is 10.1 Å². The zero-order valence-corrected chi connectivity index (χ0v) is 13.8. The maximum Gasteiger partial charge on any atom is 0.345 e. The highest BCUT2D eigenvalue weighted by molar-refractivity contribution is 14.1. The number of ether oxygens (including phenoxy) is 1. The number of nitro groups is 1. The Morgan fingerprint density at radius 1 is 1.13 bits per heavy atom. The Balaban J connectivity index is 1.98. The van der Waals surface area contributed by atoms with Gasteiger partial charge in [-0.15, -0.1) is 0 Å². The highest BCUT2D eigenvalue weighted by Gasteiger charge is 2.21. The molecule has 2 rings (SSSR count). The lowest BCUT2D eigenvalue weighted by molar-refractivity contribution is -0.385. The molecule has 0 atom stereocenters. The van der Waals surface area contributed by atoms with Crippen molar-refractivity contribution in [3.8, 4) is 0 Å². The van der Waals surface area contributed by atoms with Crippen LogP contribution in [0.15, 0.2) is 48.5 Å². The third-order valence-electron chi connectivity index (χ3n) is 2.80. The van der Waals surface area contributed by atoms with Crippen molar-refractivity contribution < 1.29 is 19.2 Å². The van der Waals surface area contributed by atoms with Crippen molar-refractivity contribution in [3.05, 3.63) is 67.8 Å². The number of anilines is 1. The number of carbonyl (C=O) groups excluding carboxylic acids is 2. The second kappa shape index (κ2) is 7.68. The lowest BCUT2D eigenvalue weighted by atomic mass is 10.2. The maximum absolute atomic E-state index is 11.9. The number of benzene rings is 2. The molecule has 23 heavy (non-hydrogen) atoms. The molecule has 7 nitrogen and oxygen atoms in total. The normalized spacial score (nSPS) is 9.96. The van der Waals surface area contributed by atoms with E-state index in [1.165, 1.54) is 24.3 Å². The molecule has 1 N–H and O–H groups in total. The summed E-state index contributed by atoms with van der Waals surface area (Å²) in [5, 5.41) is 13.5. The molecule has 8 heteroatoms. The largest absolute Gasteiger partial charge is 0.452 e. The van der Waals surface area contributed by atoms with E-state index >= 15 is 0 Å². The molecule has 118 valence electrons. The van der Waals surface area contributed by atoms with Crippen LogP contribution >= 0.6 is 22.6 Å². The Hall–Kier alpha value is -2.49. The van der Waals surface area contributed by atoms with Crippen molar-refractivity contribution in [1.82, 2.24) is 0 Å². The topological polar surface area (TPSA) is 98.5 Å². The van der Waals surface area contributed by atoms with Gasteiger partial charge in [-0.2, -0.15) is 0 Å². The molecule has 0 unspecified atom stereocenters. The van der Waals surface area contributed by atoms with Gasteiger partial charge in [-0.05, 0) is 40.8 Å². The molecule has 0 heterocycles. The van der Waals surface area contributed by atoms with Crippen LogP contribution in [0.2, 0.25) is 0 Å². The van der Waals surface area contributed by atoms with E-state index in [0.717, 1.165) is 3.57 Å². The number of halogens is 1. The first kappa shape index (κ1) is 16.9.